The van der Waals surface area contributed by atoms with Crippen LogP contribution in [0.5, 0.6) is 11.5 Å². The Morgan fingerprint density at radius 3 is 2.38 bits per heavy atom. The fraction of sp³-hybridized carbons (Fsp3) is 0.235. The van der Waals surface area contributed by atoms with Crippen LogP contribution in [0, 0.1) is 0 Å². The van der Waals surface area contributed by atoms with Gasteiger partial charge in [-0.25, -0.2) is 0 Å². The van der Waals surface area contributed by atoms with E-state index < -0.39 is 0 Å². The molecule has 0 saturated carbocycles. The molecular weight excluding hydrogens is 266 g/mol. The van der Waals surface area contributed by atoms with Gasteiger partial charge in [-0.15, -0.1) is 0 Å². The molecule has 2 rings (SSSR count). The standard InChI is InChI=1S/C17H19NO3/c1-20-14-9-7-13(8-10-14)11-18-12-16(19)15-5-3-4-6-17(15)21-2/h3-10,18H,11-12H2,1-2H3. The Hall–Kier alpha value is -2.33. The SMILES string of the molecule is COc1ccc(CNCC(=O)c2ccccc2OC)cc1. The van der Waals surface area contributed by atoms with E-state index >= 15 is 0 Å². The van der Waals surface area contributed by atoms with E-state index in [4.69, 9.17) is 9.47 Å². The molecule has 0 amide bonds. The first kappa shape index (κ1) is 15.1. The summed E-state index contributed by atoms with van der Waals surface area (Å²) in [5, 5.41) is 3.14. The van der Waals surface area contributed by atoms with Crippen LogP contribution < -0.4 is 14.8 Å². The first-order valence-corrected chi connectivity index (χ1v) is 6.74. The topological polar surface area (TPSA) is 47.6 Å². The molecule has 0 atom stereocenters. The van der Waals surface area contributed by atoms with Gasteiger partial charge in [0.25, 0.3) is 0 Å². The monoisotopic (exact) mass is 285 g/mol. The Bertz CT molecular complexity index is 593. The molecule has 0 spiro atoms. The smallest absolute Gasteiger partial charge is 0.180 e. The lowest BCUT2D eigenvalue weighted by atomic mass is 10.1. The van der Waals surface area contributed by atoms with Crippen molar-refractivity contribution < 1.29 is 14.3 Å². The Balaban J connectivity index is 1.89. The molecule has 2 aromatic rings. The van der Waals surface area contributed by atoms with Gasteiger partial charge in [0.1, 0.15) is 11.5 Å². The average molecular weight is 285 g/mol. The molecule has 0 aliphatic heterocycles. The van der Waals surface area contributed by atoms with Gasteiger partial charge in [0.15, 0.2) is 5.78 Å². The van der Waals surface area contributed by atoms with Gasteiger partial charge < -0.3 is 14.8 Å². The zero-order chi connectivity index (χ0) is 15.1. The third-order valence-corrected chi connectivity index (χ3v) is 3.18. The van der Waals surface area contributed by atoms with Gasteiger partial charge in [-0.3, -0.25) is 4.79 Å². The number of methoxy groups -OCH3 is 2. The number of benzene rings is 2. The summed E-state index contributed by atoms with van der Waals surface area (Å²) in [4.78, 5) is 12.2. The van der Waals surface area contributed by atoms with Crippen molar-refractivity contribution in [3.8, 4) is 11.5 Å². The van der Waals surface area contributed by atoms with Crippen LogP contribution >= 0.6 is 0 Å². The number of ether oxygens (including phenoxy) is 2. The Morgan fingerprint density at radius 2 is 1.71 bits per heavy atom. The lowest BCUT2D eigenvalue weighted by Crippen LogP contribution is -2.23. The number of hydrogen-bond acceptors (Lipinski definition) is 4. The van der Waals surface area contributed by atoms with Crippen molar-refractivity contribution in [3.05, 3.63) is 59.7 Å². The lowest BCUT2D eigenvalue weighted by molar-refractivity contribution is 0.0988. The molecule has 0 aromatic heterocycles. The van der Waals surface area contributed by atoms with Crippen LogP contribution in [0.2, 0.25) is 0 Å². The second-order valence-electron chi connectivity index (χ2n) is 4.58. The van der Waals surface area contributed by atoms with E-state index in [9.17, 15) is 4.79 Å². The van der Waals surface area contributed by atoms with Gasteiger partial charge in [0.2, 0.25) is 0 Å². The van der Waals surface area contributed by atoms with Crippen molar-refractivity contribution >= 4 is 5.78 Å². The van der Waals surface area contributed by atoms with E-state index in [-0.39, 0.29) is 12.3 Å². The summed E-state index contributed by atoms with van der Waals surface area (Å²) in [6.45, 7) is 0.900. The van der Waals surface area contributed by atoms with Crippen LogP contribution in [0.1, 0.15) is 15.9 Å². The zero-order valence-corrected chi connectivity index (χ0v) is 12.3. The highest BCUT2D eigenvalue weighted by atomic mass is 16.5. The summed E-state index contributed by atoms with van der Waals surface area (Å²) in [5.41, 5.74) is 1.70. The molecule has 0 aliphatic carbocycles. The minimum atomic E-state index is 0.0148. The number of para-hydroxylation sites is 1. The van der Waals surface area contributed by atoms with Crippen molar-refractivity contribution in [2.45, 2.75) is 6.54 Å². The molecule has 2 aromatic carbocycles. The molecule has 110 valence electrons. The maximum atomic E-state index is 12.2. The molecule has 21 heavy (non-hydrogen) atoms. The molecular formula is C17H19NO3. The van der Waals surface area contributed by atoms with E-state index in [0.29, 0.717) is 17.9 Å². The van der Waals surface area contributed by atoms with Gasteiger partial charge in [0, 0.05) is 6.54 Å². The van der Waals surface area contributed by atoms with Crippen molar-refractivity contribution in [1.29, 1.82) is 0 Å². The fourth-order valence-electron chi connectivity index (χ4n) is 2.03. The van der Waals surface area contributed by atoms with Crippen molar-refractivity contribution in [1.82, 2.24) is 5.32 Å². The second kappa shape index (κ2) is 7.45. The van der Waals surface area contributed by atoms with Crippen LogP contribution in [0.4, 0.5) is 0 Å². The number of Topliss-reactive ketones (excluding diaryl/α,β-unsaturated/α-hetero) is 1. The zero-order valence-electron chi connectivity index (χ0n) is 12.3. The van der Waals surface area contributed by atoms with Gasteiger partial charge in [0.05, 0.1) is 26.3 Å². The maximum Gasteiger partial charge on any atom is 0.180 e. The van der Waals surface area contributed by atoms with Crippen LogP contribution in [0.25, 0.3) is 0 Å². The third kappa shape index (κ3) is 4.07. The van der Waals surface area contributed by atoms with E-state index in [1.165, 1.54) is 0 Å². The minimum Gasteiger partial charge on any atom is -0.497 e. The summed E-state index contributed by atoms with van der Waals surface area (Å²) < 4.78 is 10.3. The van der Waals surface area contributed by atoms with Crippen molar-refractivity contribution in [3.63, 3.8) is 0 Å². The summed E-state index contributed by atoms with van der Waals surface area (Å²) in [6.07, 6.45) is 0. The van der Waals surface area contributed by atoms with Crippen molar-refractivity contribution in [2.75, 3.05) is 20.8 Å². The largest absolute Gasteiger partial charge is 0.497 e. The van der Waals surface area contributed by atoms with Crippen molar-refractivity contribution in [2.24, 2.45) is 0 Å². The van der Waals surface area contributed by atoms with E-state index in [1.54, 1.807) is 26.4 Å². The quantitative estimate of drug-likeness (QED) is 0.795. The molecule has 0 unspecified atom stereocenters. The highest BCUT2D eigenvalue weighted by Crippen LogP contribution is 2.17. The van der Waals surface area contributed by atoms with Gasteiger partial charge >= 0.3 is 0 Å². The van der Waals surface area contributed by atoms with Gasteiger partial charge in [-0.1, -0.05) is 24.3 Å². The summed E-state index contributed by atoms with van der Waals surface area (Å²) in [7, 11) is 3.20. The highest BCUT2D eigenvalue weighted by Gasteiger charge is 2.10. The molecule has 4 heteroatoms. The second-order valence-corrected chi connectivity index (χ2v) is 4.58. The van der Waals surface area contributed by atoms with Gasteiger partial charge in [-0.2, -0.15) is 0 Å². The van der Waals surface area contributed by atoms with E-state index in [2.05, 4.69) is 5.32 Å². The molecule has 0 aliphatic rings. The van der Waals surface area contributed by atoms with Crippen LogP contribution in [0.15, 0.2) is 48.5 Å². The predicted octanol–water partition coefficient (Wildman–Crippen LogP) is 2.68. The molecule has 1 N–H and O–H groups in total. The highest BCUT2D eigenvalue weighted by molar-refractivity contribution is 6.00. The number of carbonyl (C=O) groups excluding carboxylic acids is 1. The molecule has 0 bridgehead atoms. The van der Waals surface area contributed by atoms with E-state index in [0.717, 1.165) is 11.3 Å². The predicted molar refractivity (Wildman–Crippen MR) is 82.0 cm³/mol. The molecule has 4 nitrogen and oxygen atoms in total. The Labute approximate surface area is 124 Å². The lowest BCUT2D eigenvalue weighted by Gasteiger charge is -2.08. The number of carbonyl (C=O) groups is 1. The van der Waals surface area contributed by atoms with Crippen LogP contribution in [-0.2, 0) is 6.54 Å². The normalized spacial score (nSPS) is 10.2. The summed E-state index contributed by atoms with van der Waals surface area (Å²) in [6, 6.07) is 15.0. The Morgan fingerprint density at radius 1 is 1.00 bits per heavy atom. The van der Waals surface area contributed by atoms with E-state index in [1.807, 2.05) is 36.4 Å². The number of ketones is 1. The average Bonchev–Trinajstić information content (AvgIpc) is 2.55. The molecule has 0 radical (unpaired) electrons. The number of hydrogen-bond donors (Lipinski definition) is 1. The number of nitrogens with one attached hydrogen (secondary N) is 1. The molecule has 0 saturated heterocycles. The molecule has 0 fully saturated rings. The van der Waals surface area contributed by atoms with Crippen LogP contribution in [-0.4, -0.2) is 26.5 Å². The minimum absolute atomic E-state index is 0.0148. The summed E-state index contributed by atoms with van der Waals surface area (Å²) in [5.74, 6) is 1.44. The Kier molecular flexibility index (Phi) is 5.35. The first-order valence-electron chi connectivity index (χ1n) is 6.74. The maximum absolute atomic E-state index is 12.2. The third-order valence-electron chi connectivity index (χ3n) is 3.18. The fourth-order valence-corrected chi connectivity index (χ4v) is 2.03. The van der Waals surface area contributed by atoms with Crippen LogP contribution in [0.3, 0.4) is 0 Å². The molecule has 0 heterocycles. The van der Waals surface area contributed by atoms with Gasteiger partial charge in [-0.05, 0) is 29.8 Å². The number of rotatable bonds is 7. The summed E-state index contributed by atoms with van der Waals surface area (Å²) >= 11 is 0. The first-order chi connectivity index (χ1) is 10.2.